The predicted molar refractivity (Wildman–Crippen MR) is 204 cm³/mol. The van der Waals surface area contributed by atoms with Crippen molar-refractivity contribution in [3.8, 4) is 17.0 Å². The van der Waals surface area contributed by atoms with Crippen LogP contribution in [0, 0.1) is 0 Å². The summed E-state index contributed by atoms with van der Waals surface area (Å²) in [5.74, 6) is 0.280. The van der Waals surface area contributed by atoms with Crippen molar-refractivity contribution in [3.05, 3.63) is 82.9 Å². The normalized spacial score (nSPS) is 15.5. The molecule has 0 unspecified atom stereocenters. The maximum atomic E-state index is 14.2. The molecule has 1 aliphatic carbocycles. The van der Waals surface area contributed by atoms with Gasteiger partial charge in [0.2, 0.25) is 20.0 Å². The summed E-state index contributed by atoms with van der Waals surface area (Å²) in [6.45, 7) is 4.28. The molecule has 1 saturated carbocycles. The zero-order valence-corrected chi connectivity index (χ0v) is 31.9. The molecule has 3 aromatic carbocycles. The first-order valence-corrected chi connectivity index (χ1v) is 20.5. The molecular formula is C39H48N4O6S2. The Morgan fingerprint density at radius 2 is 1.65 bits per heavy atom. The van der Waals surface area contributed by atoms with E-state index in [-0.39, 0.29) is 16.4 Å². The van der Waals surface area contributed by atoms with Crippen molar-refractivity contribution in [2.75, 3.05) is 41.3 Å². The van der Waals surface area contributed by atoms with E-state index in [0.717, 1.165) is 59.0 Å². The lowest BCUT2D eigenvalue weighted by Gasteiger charge is -2.24. The Morgan fingerprint density at radius 3 is 2.33 bits per heavy atom. The lowest BCUT2D eigenvalue weighted by molar-refractivity contribution is 0.0981. The van der Waals surface area contributed by atoms with Gasteiger partial charge in [0.15, 0.2) is 0 Å². The zero-order chi connectivity index (χ0) is 36.7. The van der Waals surface area contributed by atoms with Gasteiger partial charge in [-0.1, -0.05) is 43.5 Å². The van der Waals surface area contributed by atoms with Gasteiger partial charge in [0.05, 0.1) is 22.9 Å². The van der Waals surface area contributed by atoms with Gasteiger partial charge in [0.25, 0.3) is 5.91 Å². The van der Waals surface area contributed by atoms with Crippen LogP contribution in [0.15, 0.2) is 65.6 Å². The average Bonchev–Trinajstić information content (AvgIpc) is 3.32. The standard InChI is InChI=1S/C39H48N4O6S2/c1-26(2)50(45,46)40-39(44)28-16-18-34-35(24-28)43-25-30(32-14-10-11-15-36(32)51(47,48)42(5)21-20-41(3)4)22-29-23-31(49-6)17-19-33(29)38(43)37(34)27-12-8-7-9-13-27/h10-11,14-19,22-24,26-27H,7-9,12-13,20-21,25H2,1-6H3,(H,40,44). The number of benzene rings is 3. The molecule has 1 fully saturated rings. The summed E-state index contributed by atoms with van der Waals surface area (Å²) < 4.78 is 65.2. The van der Waals surface area contributed by atoms with E-state index >= 15 is 0 Å². The van der Waals surface area contributed by atoms with Crippen LogP contribution < -0.4 is 9.46 Å². The van der Waals surface area contributed by atoms with E-state index in [4.69, 9.17) is 4.74 Å². The molecule has 1 aliphatic heterocycles. The number of rotatable bonds is 11. The minimum absolute atomic E-state index is 0.216. The monoisotopic (exact) mass is 732 g/mol. The SMILES string of the molecule is COc1ccc2c(c1)C=C(c1ccccc1S(=O)(=O)N(C)CCN(C)C)Cn1c-2c(C2CCCCC2)c2ccc(C(=O)NS(=O)(=O)C(C)C)cc21. The summed E-state index contributed by atoms with van der Waals surface area (Å²) in [5.41, 5.74) is 6.52. The Bertz CT molecular complexity index is 2210. The molecule has 1 N–H and O–H groups in total. The largest absolute Gasteiger partial charge is 0.497 e. The van der Waals surface area contributed by atoms with Crippen LogP contribution in [0.1, 0.15) is 78.9 Å². The molecule has 0 saturated heterocycles. The predicted octanol–water partition coefficient (Wildman–Crippen LogP) is 6.57. The van der Waals surface area contributed by atoms with E-state index in [2.05, 4.69) is 21.4 Å². The highest BCUT2D eigenvalue weighted by Crippen LogP contribution is 2.48. The molecule has 0 radical (unpaired) electrons. The van der Waals surface area contributed by atoms with Crippen molar-refractivity contribution in [1.29, 1.82) is 0 Å². The van der Waals surface area contributed by atoms with Gasteiger partial charge in [-0.05, 0) is 111 Å². The number of nitrogens with zero attached hydrogens (tertiary/aromatic N) is 3. The number of allylic oxidation sites excluding steroid dienone is 1. The van der Waals surface area contributed by atoms with Crippen molar-refractivity contribution in [2.24, 2.45) is 0 Å². The molecule has 6 rings (SSSR count). The lowest BCUT2D eigenvalue weighted by Crippen LogP contribution is -2.35. The fourth-order valence-corrected chi connectivity index (χ4v) is 9.24. The van der Waals surface area contributed by atoms with Gasteiger partial charge in [-0.2, -0.15) is 4.31 Å². The fraction of sp³-hybridized carbons (Fsp3) is 0.410. The number of methoxy groups -OCH3 is 1. The molecule has 1 aromatic heterocycles. The third-order valence-corrected chi connectivity index (χ3v) is 13.8. The number of likely N-dealkylation sites (N-methyl/N-ethyl adjacent to an activating group) is 2. The van der Waals surface area contributed by atoms with Crippen LogP contribution in [0.3, 0.4) is 0 Å². The van der Waals surface area contributed by atoms with E-state index in [9.17, 15) is 21.6 Å². The molecule has 0 bridgehead atoms. The highest BCUT2D eigenvalue weighted by molar-refractivity contribution is 7.90. The van der Waals surface area contributed by atoms with Gasteiger partial charge in [-0.15, -0.1) is 0 Å². The molecule has 0 spiro atoms. The molecule has 272 valence electrons. The molecule has 0 atom stereocenters. The Balaban J connectivity index is 1.60. The van der Waals surface area contributed by atoms with E-state index < -0.39 is 31.2 Å². The number of hydrogen-bond acceptors (Lipinski definition) is 7. The third-order valence-electron chi connectivity index (χ3n) is 10.2. The van der Waals surface area contributed by atoms with Crippen LogP contribution in [-0.2, 0) is 26.6 Å². The lowest BCUT2D eigenvalue weighted by atomic mass is 9.81. The van der Waals surface area contributed by atoms with Crippen LogP contribution in [0.25, 0.3) is 33.8 Å². The number of fused-ring (bicyclic) bond motifs is 5. The first kappa shape index (κ1) is 36.8. The van der Waals surface area contributed by atoms with E-state index in [1.807, 2.05) is 49.3 Å². The van der Waals surface area contributed by atoms with Crippen LogP contribution >= 0.6 is 0 Å². The van der Waals surface area contributed by atoms with E-state index in [0.29, 0.717) is 30.9 Å². The third kappa shape index (κ3) is 7.24. The van der Waals surface area contributed by atoms with Crippen molar-refractivity contribution in [3.63, 3.8) is 0 Å². The van der Waals surface area contributed by atoms with Crippen LogP contribution in [0.2, 0.25) is 0 Å². The smallest absolute Gasteiger partial charge is 0.264 e. The zero-order valence-electron chi connectivity index (χ0n) is 30.3. The molecule has 2 heterocycles. The number of sulfonamides is 2. The number of carbonyl (C=O) groups excluding carboxylic acids is 1. The maximum Gasteiger partial charge on any atom is 0.264 e. The van der Waals surface area contributed by atoms with Crippen LogP contribution in [-0.4, -0.2) is 83.1 Å². The molecule has 4 aromatic rings. The number of nitrogens with one attached hydrogen (secondary N) is 1. The quantitative estimate of drug-likeness (QED) is 0.185. The van der Waals surface area contributed by atoms with Crippen molar-refractivity contribution < 1.29 is 26.4 Å². The number of aromatic nitrogens is 1. The number of carbonyl (C=O) groups is 1. The highest BCUT2D eigenvalue weighted by atomic mass is 32.2. The van der Waals surface area contributed by atoms with Gasteiger partial charge in [-0.25, -0.2) is 21.6 Å². The molecule has 2 aliphatic rings. The van der Waals surface area contributed by atoms with Gasteiger partial charge in [-0.3, -0.25) is 4.79 Å². The maximum absolute atomic E-state index is 14.2. The van der Waals surface area contributed by atoms with Crippen molar-refractivity contribution in [2.45, 2.75) is 68.6 Å². The van der Waals surface area contributed by atoms with Crippen LogP contribution in [0.5, 0.6) is 5.75 Å². The summed E-state index contributed by atoms with van der Waals surface area (Å²) in [4.78, 5) is 15.6. The number of amides is 1. The second kappa shape index (κ2) is 14.6. The van der Waals surface area contributed by atoms with Crippen LogP contribution in [0.4, 0.5) is 0 Å². The molecule has 12 heteroatoms. The molecule has 1 amide bonds. The van der Waals surface area contributed by atoms with Gasteiger partial charge in [0, 0.05) is 48.7 Å². The summed E-state index contributed by atoms with van der Waals surface area (Å²) in [6, 6.07) is 18.5. The first-order chi connectivity index (χ1) is 24.2. The van der Waals surface area contributed by atoms with Crippen molar-refractivity contribution in [1.82, 2.24) is 18.5 Å². The molecule has 10 nitrogen and oxygen atoms in total. The summed E-state index contributed by atoms with van der Waals surface area (Å²) in [6.07, 6.45) is 7.56. The molecule has 51 heavy (non-hydrogen) atoms. The van der Waals surface area contributed by atoms with Gasteiger partial charge < -0.3 is 14.2 Å². The summed E-state index contributed by atoms with van der Waals surface area (Å²) in [7, 11) is -0.658. The Morgan fingerprint density at radius 1 is 0.922 bits per heavy atom. The minimum Gasteiger partial charge on any atom is -0.497 e. The van der Waals surface area contributed by atoms with Crippen molar-refractivity contribution >= 4 is 48.5 Å². The average molecular weight is 733 g/mol. The summed E-state index contributed by atoms with van der Waals surface area (Å²) in [5, 5.41) is 0.236. The second-order valence-corrected chi connectivity index (χ2v) is 18.4. The number of ether oxygens (including phenoxy) is 1. The fourth-order valence-electron chi connectivity index (χ4n) is 7.24. The molecular weight excluding hydrogens is 685 g/mol. The Hall–Kier alpha value is -3.97. The topological polar surface area (TPSA) is 118 Å². The minimum atomic E-state index is -3.87. The van der Waals surface area contributed by atoms with E-state index in [1.165, 1.54) is 30.1 Å². The van der Waals surface area contributed by atoms with E-state index in [1.54, 1.807) is 38.4 Å². The highest BCUT2D eigenvalue weighted by Gasteiger charge is 2.32. The Labute approximate surface area is 302 Å². The Kier molecular flexibility index (Phi) is 10.5. The number of hydrogen-bond donors (Lipinski definition) is 1. The van der Waals surface area contributed by atoms with Gasteiger partial charge >= 0.3 is 0 Å². The summed E-state index contributed by atoms with van der Waals surface area (Å²) >= 11 is 0. The second-order valence-electron chi connectivity index (χ2n) is 14.2. The van der Waals surface area contributed by atoms with Gasteiger partial charge in [0.1, 0.15) is 5.75 Å². The first-order valence-electron chi connectivity index (χ1n) is 17.5.